The van der Waals surface area contributed by atoms with Crippen LogP contribution in [0.4, 0.5) is 5.69 Å². The average Bonchev–Trinajstić information content (AvgIpc) is 2.78. The summed E-state index contributed by atoms with van der Waals surface area (Å²) in [7, 11) is -2.32. The Balaban J connectivity index is 1.92. The van der Waals surface area contributed by atoms with Gasteiger partial charge in [0, 0.05) is 19.7 Å². The predicted molar refractivity (Wildman–Crippen MR) is 125 cm³/mol. The third-order valence-electron chi connectivity index (χ3n) is 5.34. The molecule has 2 aromatic rings. The molecule has 0 fully saturated rings. The first-order chi connectivity index (χ1) is 15.6. The van der Waals surface area contributed by atoms with Crippen molar-refractivity contribution in [2.45, 2.75) is 26.4 Å². The van der Waals surface area contributed by atoms with Gasteiger partial charge in [-0.05, 0) is 31.5 Å². The van der Waals surface area contributed by atoms with E-state index in [-0.39, 0.29) is 18.1 Å². The number of benzene rings is 2. The number of amides is 2. The molecule has 1 heterocycles. The van der Waals surface area contributed by atoms with Gasteiger partial charge >= 0.3 is 0 Å². The van der Waals surface area contributed by atoms with Gasteiger partial charge in [-0.15, -0.1) is 0 Å². The van der Waals surface area contributed by atoms with Crippen LogP contribution in [-0.4, -0.2) is 64.2 Å². The molecule has 0 aromatic heterocycles. The lowest BCUT2D eigenvalue weighted by molar-refractivity contribution is -0.139. The number of hydrogen-bond acceptors (Lipinski definition) is 6. The third-order valence-corrected chi connectivity index (χ3v) is 6.48. The summed E-state index contributed by atoms with van der Waals surface area (Å²) in [5.41, 5.74) is 2.13. The summed E-state index contributed by atoms with van der Waals surface area (Å²) in [6, 6.07) is 11.5. The first-order valence-electron chi connectivity index (χ1n) is 10.5. The van der Waals surface area contributed by atoms with E-state index in [9.17, 15) is 18.0 Å². The number of sulfonamides is 1. The molecule has 1 aliphatic rings. The van der Waals surface area contributed by atoms with Gasteiger partial charge in [-0.1, -0.05) is 29.8 Å². The smallest absolute Gasteiger partial charge is 0.244 e. The van der Waals surface area contributed by atoms with Gasteiger partial charge in [0.25, 0.3) is 0 Å². The van der Waals surface area contributed by atoms with Crippen LogP contribution in [0.5, 0.6) is 11.5 Å². The Morgan fingerprint density at radius 1 is 1.09 bits per heavy atom. The Morgan fingerprint density at radius 2 is 1.79 bits per heavy atom. The fourth-order valence-electron chi connectivity index (χ4n) is 3.60. The predicted octanol–water partition coefficient (Wildman–Crippen LogP) is 1.70. The van der Waals surface area contributed by atoms with Gasteiger partial charge in [0.15, 0.2) is 11.5 Å². The molecule has 1 N–H and O–H groups in total. The maximum absolute atomic E-state index is 13.4. The average molecular weight is 476 g/mol. The minimum absolute atomic E-state index is 0.161. The molecule has 2 aromatic carbocycles. The Bertz CT molecular complexity index is 1130. The van der Waals surface area contributed by atoms with E-state index in [1.165, 1.54) is 18.0 Å². The van der Waals surface area contributed by atoms with E-state index in [4.69, 9.17) is 9.47 Å². The summed E-state index contributed by atoms with van der Waals surface area (Å²) in [6.07, 6.45) is 1.03. The highest BCUT2D eigenvalue weighted by Gasteiger charge is 2.30. The number of carbonyl (C=O) groups excluding carboxylic acids is 2. The zero-order chi connectivity index (χ0) is 24.2. The van der Waals surface area contributed by atoms with Crippen molar-refractivity contribution in [1.82, 2.24) is 10.2 Å². The van der Waals surface area contributed by atoms with E-state index in [0.29, 0.717) is 24.7 Å². The fourth-order valence-corrected chi connectivity index (χ4v) is 4.44. The summed E-state index contributed by atoms with van der Waals surface area (Å²) in [5, 5.41) is 2.55. The summed E-state index contributed by atoms with van der Waals surface area (Å²) in [5.74, 6) is 0.0726. The van der Waals surface area contributed by atoms with Crippen LogP contribution in [0.3, 0.4) is 0 Å². The molecule has 178 valence electrons. The van der Waals surface area contributed by atoms with E-state index < -0.39 is 28.5 Å². The number of hydrogen-bond donors (Lipinski definition) is 1. The second kappa shape index (κ2) is 10.1. The van der Waals surface area contributed by atoms with Crippen LogP contribution in [0.25, 0.3) is 0 Å². The standard InChI is InChI=1S/C23H29N3O6S/c1-16-6-5-7-18(12-16)14-25(17(2)23(28)24-3)22(27)15-26(33(4,29)30)19-8-9-20-21(13-19)32-11-10-31-20/h5-9,12-13,17H,10-11,14-15H2,1-4H3,(H,24,28)/t17-/m0/s1. The van der Waals surface area contributed by atoms with Gasteiger partial charge in [0.1, 0.15) is 25.8 Å². The van der Waals surface area contributed by atoms with Crippen molar-refractivity contribution >= 4 is 27.5 Å². The normalized spacial score (nSPS) is 13.7. The van der Waals surface area contributed by atoms with Gasteiger partial charge in [-0.25, -0.2) is 8.42 Å². The third kappa shape index (κ3) is 5.95. The SMILES string of the molecule is CNC(=O)[C@H](C)N(Cc1cccc(C)c1)C(=O)CN(c1ccc2c(c1)OCCO2)S(C)(=O)=O. The van der Waals surface area contributed by atoms with Crippen molar-refractivity contribution in [2.75, 3.05) is 37.4 Å². The van der Waals surface area contributed by atoms with Crippen LogP contribution in [0.15, 0.2) is 42.5 Å². The highest BCUT2D eigenvalue weighted by atomic mass is 32.2. The van der Waals surface area contributed by atoms with Crippen molar-refractivity contribution in [3.63, 3.8) is 0 Å². The second-order valence-corrected chi connectivity index (χ2v) is 9.81. The van der Waals surface area contributed by atoms with Gasteiger partial charge in [0.2, 0.25) is 21.8 Å². The maximum Gasteiger partial charge on any atom is 0.244 e. The molecule has 10 heteroatoms. The van der Waals surface area contributed by atoms with Crippen molar-refractivity contribution in [1.29, 1.82) is 0 Å². The number of aryl methyl sites for hydroxylation is 1. The largest absolute Gasteiger partial charge is 0.486 e. The molecule has 2 amide bonds. The van der Waals surface area contributed by atoms with Gasteiger partial charge in [-0.3, -0.25) is 13.9 Å². The molecule has 0 saturated heterocycles. The zero-order valence-electron chi connectivity index (χ0n) is 19.2. The molecule has 1 aliphatic heterocycles. The van der Waals surface area contributed by atoms with E-state index in [2.05, 4.69) is 5.32 Å². The minimum Gasteiger partial charge on any atom is -0.486 e. The first kappa shape index (κ1) is 24.4. The number of carbonyl (C=O) groups is 2. The molecule has 0 spiro atoms. The number of likely N-dealkylation sites (N-methyl/N-ethyl adjacent to an activating group) is 1. The minimum atomic E-state index is -3.82. The Labute approximate surface area is 194 Å². The molecule has 0 bridgehead atoms. The topological polar surface area (TPSA) is 105 Å². The lowest BCUT2D eigenvalue weighted by Gasteiger charge is -2.31. The van der Waals surface area contributed by atoms with Crippen LogP contribution in [0.1, 0.15) is 18.1 Å². The molecule has 9 nitrogen and oxygen atoms in total. The van der Waals surface area contributed by atoms with E-state index in [1.54, 1.807) is 19.1 Å². The number of rotatable bonds is 8. The number of anilines is 1. The molecule has 0 saturated carbocycles. The lowest BCUT2D eigenvalue weighted by atomic mass is 10.1. The molecule has 0 radical (unpaired) electrons. The van der Waals surface area contributed by atoms with E-state index >= 15 is 0 Å². The second-order valence-electron chi connectivity index (χ2n) is 7.90. The summed E-state index contributed by atoms with van der Waals surface area (Å²) >= 11 is 0. The van der Waals surface area contributed by atoms with Crippen LogP contribution in [0.2, 0.25) is 0 Å². The van der Waals surface area contributed by atoms with Crippen molar-refractivity contribution in [3.8, 4) is 11.5 Å². The number of nitrogens with zero attached hydrogens (tertiary/aromatic N) is 2. The van der Waals surface area contributed by atoms with Gasteiger partial charge in [0.05, 0.1) is 11.9 Å². The Morgan fingerprint density at radius 3 is 2.42 bits per heavy atom. The highest BCUT2D eigenvalue weighted by Crippen LogP contribution is 2.34. The van der Waals surface area contributed by atoms with Crippen LogP contribution < -0.4 is 19.1 Å². The molecule has 1 atom stereocenters. The van der Waals surface area contributed by atoms with Crippen molar-refractivity contribution < 1.29 is 27.5 Å². The number of nitrogens with one attached hydrogen (secondary N) is 1. The van der Waals surface area contributed by atoms with Crippen molar-refractivity contribution in [2.24, 2.45) is 0 Å². The Kier molecular flexibility index (Phi) is 7.47. The van der Waals surface area contributed by atoms with E-state index in [0.717, 1.165) is 21.7 Å². The molecule has 33 heavy (non-hydrogen) atoms. The van der Waals surface area contributed by atoms with Gasteiger partial charge < -0.3 is 19.7 Å². The molecular weight excluding hydrogens is 446 g/mol. The number of ether oxygens (including phenoxy) is 2. The lowest BCUT2D eigenvalue weighted by Crippen LogP contribution is -2.50. The summed E-state index contributed by atoms with van der Waals surface area (Å²) in [4.78, 5) is 27.1. The van der Waals surface area contributed by atoms with Crippen LogP contribution in [0, 0.1) is 6.92 Å². The first-order valence-corrected chi connectivity index (χ1v) is 12.4. The molecule has 0 unspecified atom stereocenters. The van der Waals surface area contributed by atoms with Crippen LogP contribution >= 0.6 is 0 Å². The maximum atomic E-state index is 13.4. The fraction of sp³-hybridized carbons (Fsp3) is 0.391. The quantitative estimate of drug-likeness (QED) is 0.623. The molecular formula is C23H29N3O6S. The summed E-state index contributed by atoms with van der Waals surface area (Å²) in [6.45, 7) is 4.00. The zero-order valence-corrected chi connectivity index (χ0v) is 20.0. The summed E-state index contributed by atoms with van der Waals surface area (Å²) < 4.78 is 37.3. The monoisotopic (exact) mass is 475 g/mol. The highest BCUT2D eigenvalue weighted by molar-refractivity contribution is 7.92. The molecule has 0 aliphatic carbocycles. The molecule has 3 rings (SSSR count). The van der Waals surface area contributed by atoms with Crippen molar-refractivity contribution in [3.05, 3.63) is 53.6 Å². The van der Waals surface area contributed by atoms with Crippen LogP contribution in [-0.2, 0) is 26.2 Å². The van der Waals surface area contributed by atoms with E-state index in [1.807, 2.05) is 31.2 Å². The van der Waals surface area contributed by atoms with Gasteiger partial charge in [-0.2, -0.15) is 0 Å². The Hall–Kier alpha value is -3.27. The number of fused-ring (bicyclic) bond motifs is 1.